The molecule has 4 nitrogen and oxygen atoms in total. The number of benzene rings is 1. The third kappa shape index (κ3) is 4.11. The first-order valence-corrected chi connectivity index (χ1v) is 9.48. The van der Waals surface area contributed by atoms with Gasteiger partial charge in [0.15, 0.2) is 0 Å². The van der Waals surface area contributed by atoms with Crippen molar-refractivity contribution >= 4 is 33.4 Å². The second-order valence-corrected chi connectivity index (χ2v) is 8.35. The predicted octanol–water partition coefficient (Wildman–Crippen LogP) is 2.23. The summed E-state index contributed by atoms with van der Waals surface area (Å²) >= 11 is 7.93. The van der Waals surface area contributed by atoms with E-state index in [1.54, 1.807) is 12.1 Å². The van der Waals surface area contributed by atoms with Gasteiger partial charge in [-0.25, -0.2) is 13.1 Å². The molecule has 1 unspecified atom stereocenters. The molecule has 1 saturated heterocycles. The van der Waals surface area contributed by atoms with Gasteiger partial charge in [0.05, 0.1) is 4.90 Å². The fourth-order valence-corrected chi connectivity index (χ4v) is 4.85. The Hall–Kier alpha value is -0.270. The summed E-state index contributed by atoms with van der Waals surface area (Å²) in [5.41, 5.74) is 0.888. The van der Waals surface area contributed by atoms with Crippen molar-refractivity contribution in [2.75, 3.05) is 19.3 Å². The van der Waals surface area contributed by atoms with E-state index in [1.165, 1.54) is 12.5 Å². The van der Waals surface area contributed by atoms with Gasteiger partial charge in [-0.05, 0) is 43.3 Å². The number of hydrogen-bond acceptors (Lipinski definition) is 4. The Morgan fingerprint density at radius 1 is 1.45 bits per heavy atom. The Kier molecular flexibility index (Phi) is 5.74. The van der Waals surface area contributed by atoms with E-state index in [0.717, 1.165) is 17.7 Å². The molecule has 0 bridgehead atoms. The van der Waals surface area contributed by atoms with Crippen molar-refractivity contribution in [1.82, 2.24) is 10.0 Å². The number of hydrogen-bond donors (Lipinski definition) is 2. The third-order valence-electron chi connectivity index (χ3n) is 3.23. The summed E-state index contributed by atoms with van der Waals surface area (Å²) in [4.78, 5) is 0.227. The monoisotopic (exact) mass is 334 g/mol. The predicted molar refractivity (Wildman–Crippen MR) is 84.9 cm³/mol. The fraction of sp³-hybridized carbons (Fsp3) is 0.538. The highest BCUT2D eigenvalue weighted by atomic mass is 35.5. The molecule has 0 amide bonds. The Morgan fingerprint density at radius 3 is 2.85 bits per heavy atom. The Morgan fingerprint density at radius 2 is 2.25 bits per heavy atom. The number of halogens is 1. The second-order valence-electron chi connectivity index (χ2n) is 4.77. The molecule has 2 N–H and O–H groups in total. The number of thioether (sulfide) groups is 1. The van der Waals surface area contributed by atoms with Crippen LogP contribution in [0.5, 0.6) is 0 Å². The van der Waals surface area contributed by atoms with Crippen LogP contribution in [0, 0.1) is 0 Å². The van der Waals surface area contributed by atoms with Gasteiger partial charge < -0.3 is 5.32 Å². The van der Waals surface area contributed by atoms with E-state index in [4.69, 9.17) is 11.6 Å². The molecule has 1 heterocycles. The van der Waals surface area contributed by atoms with E-state index in [-0.39, 0.29) is 4.90 Å². The molecule has 112 valence electrons. The average molecular weight is 335 g/mol. The van der Waals surface area contributed by atoms with Crippen LogP contribution in [-0.2, 0) is 16.6 Å². The zero-order valence-electron chi connectivity index (χ0n) is 11.4. The summed E-state index contributed by atoms with van der Waals surface area (Å²) in [7, 11) is -1.65. The van der Waals surface area contributed by atoms with Gasteiger partial charge in [-0.1, -0.05) is 17.7 Å². The molecular weight excluding hydrogens is 316 g/mol. The molecule has 2 rings (SSSR count). The van der Waals surface area contributed by atoms with Crippen molar-refractivity contribution in [1.29, 1.82) is 0 Å². The van der Waals surface area contributed by atoms with Crippen molar-refractivity contribution in [3.05, 3.63) is 28.8 Å². The molecule has 1 aromatic carbocycles. The summed E-state index contributed by atoms with van der Waals surface area (Å²) in [6.07, 6.45) is 2.25. The third-order valence-corrected chi connectivity index (χ3v) is 6.40. The van der Waals surface area contributed by atoms with Gasteiger partial charge in [-0.2, -0.15) is 11.8 Å². The normalized spacial score (nSPS) is 19.4. The summed E-state index contributed by atoms with van der Waals surface area (Å²) in [6, 6.07) is 4.86. The minimum atomic E-state index is -3.47. The summed E-state index contributed by atoms with van der Waals surface area (Å²) in [6.45, 7) is 1.11. The SMILES string of the molecule is CNCc1ccc(S(=O)(=O)NCC2CCCS2)cc1Cl. The van der Waals surface area contributed by atoms with Crippen LogP contribution in [0.2, 0.25) is 5.02 Å². The van der Waals surface area contributed by atoms with Gasteiger partial charge in [0, 0.05) is 23.4 Å². The molecule has 0 saturated carbocycles. The topological polar surface area (TPSA) is 58.2 Å². The van der Waals surface area contributed by atoms with Crippen LogP contribution in [0.25, 0.3) is 0 Å². The lowest BCUT2D eigenvalue weighted by atomic mass is 10.2. The van der Waals surface area contributed by atoms with Gasteiger partial charge in [0.1, 0.15) is 0 Å². The molecule has 1 aliphatic heterocycles. The summed E-state index contributed by atoms with van der Waals surface area (Å²) in [5.74, 6) is 1.12. The highest BCUT2D eigenvalue weighted by Crippen LogP contribution is 2.26. The summed E-state index contributed by atoms with van der Waals surface area (Å²) < 4.78 is 27.1. The van der Waals surface area contributed by atoms with E-state index in [2.05, 4.69) is 10.0 Å². The largest absolute Gasteiger partial charge is 0.316 e. The molecule has 1 aliphatic rings. The van der Waals surface area contributed by atoms with Crippen LogP contribution in [0.15, 0.2) is 23.1 Å². The number of sulfonamides is 1. The zero-order chi connectivity index (χ0) is 14.6. The van der Waals surface area contributed by atoms with Crippen LogP contribution >= 0.6 is 23.4 Å². The zero-order valence-corrected chi connectivity index (χ0v) is 13.7. The van der Waals surface area contributed by atoms with Gasteiger partial charge in [-0.3, -0.25) is 0 Å². The molecule has 20 heavy (non-hydrogen) atoms. The second kappa shape index (κ2) is 7.13. The van der Waals surface area contributed by atoms with Gasteiger partial charge in [-0.15, -0.1) is 0 Å². The minimum absolute atomic E-state index is 0.227. The fourth-order valence-electron chi connectivity index (χ4n) is 2.12. The van der Waals surface area contributed by atoms with E-state index >= 15 is 0 Å². The molecule has 0 aromatic heterocycles. The van der Waals surface area contributed by atoms with E-state index < -0.39 is 10.0 Å². The van der Waals surface area contributed by atoms with Gasteiger partial charge in [0.2, 0.25) is 10.0 Å². The van der Waals surface area contributed by atoms with Crippen LogP contribution in [0.1, 0.15) is 18.4 Å². The standard InChI is InChI=1S/C13H19ClN2O2S2/c1-15-8-10-4-5-12(7-13(10)14)20(17,18)16-9-11-3-2-6-19-11/h4-5,7,11,15-16H,2-3,6,8-9H2,1H3. The first-order valence-electron chi connectivity index (χ1n) is 6.57. The van der Waals surface area contributed by atoms with Crippen molar-refractivity contribution in [3.8, 4) is 0 Å². The molecule has 7 heteroatoms. The molecule has 1 atom stereocenters. The maximum absolute atomic E-state index is 12.2. The molecule has 0 radical (unpaired) electrons. The van der Waals surface area contributed by atoms with Crippen LogP contribution in [0.3, 0.4) is 0 Å². The first-order chi connectivity index (χ1) is 9.53. The van der Waals surface area contributed by atoms with E-state index in [9.17, 15) is 8.42 Å². The molecule has 0 spiro atoms. The van der Waals surface area contributed by atoms with Crippen molar-refractivity contribution < 1.29 is 8.42 Å². The quantitative estimate of drug-likeness (QED) is 0.837. The van der Waals surface area contributed by atoms with Gasteiger partial charge in [0.25, 0.3) is 0 Å². The Bertz CT molecular complexity index is 557. The van der Waals surface area contributed by atoms with E-state index in [1.807, 2.05) is 18.8 Å². The van der Waals surface area contributed by atoms with Crippen LogP contribution in [0.4, 0.5) is 0 Å². The molecular formula is C13H19ClN2O2S2. The minimum Gasteiger partial charge on any atom is -0.316 e. The van der Waals surface area contributed by atoms with Crippen molar-refractivity contribution in [3.63, 3.8) is 0 Å². The lowest BCUT2D eigenvalue weighted by Gasteiger charge is -2.12. The smallest absolute Gasteiger partial charge is 0.240 e. The van der Waals surface area contributed by atoms with E-state index in [0.29, 0.717) is 23.4 Å². The average Bonchev–Trinajstić information content (AvgIpc) is 2.92. The van der Waals surface area contributed by atoms with Crippen LogP contribution in [-0.4, -0.2) is 33.0 Å². The summed E-state index contributed by atoms with van der Waals surface area (Å²) in [5, 5.41) is 3.86. The van der Waals surface area contributed by atoms with Crippen molar-refractivity contribution in [2.24, 2.45) is 0 Å². The number of nitrogens with one attached hydrogen (secondary N) is 2. The maximum Gasteiger partial charge on any atom is 0.240 e. The highest BCUT2D eigenvalue weighted by Gasteiger charge is 2.20. The lowest BCUT2D eigenvalue weighted by Crippen LogP contribution is -2.29. The highest BCUT2D eigenvalue weighted by molar-refractivity contribution is 8.00. The number of rotatable bonds is 6. The first kappa shape index (κ1) is 16.1. The lowest BCUT2D eigenvalue weighted by molar-refractivity contribution is 0.579. The Labute approximate surface area is 129 Å². The van der Waals surface area contributed by atoms with Crippen molar-refractivity contribution in [2.45, 2.75) is 29.5 Å². The van der Waals surface area contributed by atoms with Crippen LogP contribution < -0.4 is 10.0 Å². The van der Waals surface area contributed by atoms with Gasteiger partial charge >= 0.3 is 0 Å². The molecule has 1 aromatic rings. The maximum atomic E-state index is 12.2. The molecule has 1 fully saturated rings. The molecule has 0 aliphatic carbocycles. The Balaban J connectivity index is 2.06.